The first-order valence-corrected chi connectivity index (χ1v) is 6.45. The highest BCUT2D eigenvalue weighted by Crippen LogP contribution is 2.23. The van der Waals surface area contributed by atoms with Crippen molar-refractivity contribution in [3.63, 3.8) is 0 Å². The zero-order valence-corrected chi connectivity index (χ0v) is 11.7. The maximum atomic E-state index is 13.7. The molecule has 0 spiro atoms. The van der Waals surface area contributed by atoms with Crippen molar-refractivity contribution >= 4 is 6.29 Å². The predicted molar refractivity (Wildman–Crippen MR) is 70.9 cm³/mol. The normalized spacial score (nSPS) is 10.9. The first-order valence-electron chi connectivity index (χ1n) is 6.45. The molecule has 0 aliphatic heterocycles. The molecule has 0 aliphatic rings. The summed E-state index contributed by atoms with van der Waals surface area (Å²) in [6.45, 7) is 4.56. The van der Waals surface area contributed by atoms with Crippen molar-refractivity contribution in [3.05, 3.63) is 41.5 Å². The van der Waals surface area contributed by atoms with E-state index in [1.165, 1.54) is 6.33 Å². The van der Waals surface area contributed by atoms with Gasteiger partial charge < -0.3 is 4.74 Å². The maximum absolute atomic E-state index is 13.7. The number of carbonyl (C=O) groups excluding carboxylic acids is 1. The van der Waals surface area contributed by atoms with Gasteiger partial charge in [-0.2, -0.15) is 5.10 Å². The van der Waals surface area contributed by atoms with E-state index < -0.39 is 17.4 Å². The summed E-state index contributed by atoms with van der Waals surface area (Å²) >= 11 is 0. The Labute approximate surface area is 120 Å². The predicted octanol–water partition coefficient (Wildman–Crippen LogP) is 2.60. The lowest BCUT2D eigenvalue weighted by molar-refractivity contribution is 0.112. The van der Waals surface area contributed by atoms with E-state index in [0.29, 0.717) is 24.6 Å². The van der Waals surface area contributed by atoms with E-state index >= 15 is 0 Å². The molecule has 0 bridgehead atoms. The lowest BCUT2D eigenvalue weighted by Gasteiger charge is -2.11. The molecule has 1 aromatic heterocycles. The molecule has 21 heavy (non-hydrogen) atoms. The van der Waals surface area contributed by atoms with Crippen molar-refractivity contribution in [2.45, 2.75) is 27.0 Å². The summed E-state index contributed by atoms with van der Waals surface area (Å²) in [6, 6.07) is 1.84. The fourth-order valence-corrected chi connectivity index (χ4v) is 1.82. The van der Waals surface area contributed by atoms with E-state index in [1.54, 1.807) is 4.68 Å². The molecule has 0 saturated heterocycles. The lowest BCUT2D eigenvalue weighted by Crippen LogP contribution is -2.13. The molecule has 0 fully saturated rings. The lowest BCUT2D eigenvalue weighted by atomic mass is 10.2. The first-order chi connectivity index (χ1) is 10.0. The Kier molecular flexibility index (Phi) is 4.62. The van der Waals surface area contributed by atoms with Crippen LogP contribution in [-0.2, 0) is 13.2 Å². The van der Waals surface area contributed by atoms with E-state index in [-0.39, 0.29) is 12.2 Å². The van der Waals surface area contributed by atoms with E-state index in [0.717, 1.165) is 12.1 Å². The van der Waals surface area contributed by atoms with Crippen molar-refractivity contribution in [1.29, 1.82) is 0 Å². The topological polar surface area (TPSA) is 57.0 Å². The molecule has 1 heterocycles. The van der Waals surface area contributed by atoms with Gasteiger partial charge in [0.05, 0.1) is 0 Å². The van der Waals surface area contributed by atoms with Gasteiger partial charge in [0.2, 0.25) is 0 Å². The summed E-state index contributed by atoms with van der Waals surface area (Å²) < 4.78 is 34.1. The smallest absolute Gasteiger partial charge is 0.191 e. The third-order valence-corrected chi connectivity index (χ3v) is 2.74. The van der Waals surface area contributed by atoms with Gasteiger partial charge in [-0.3, -0.25) is 4.79 Å². The molecule has 0 N–H and O–H groups in total. The van der Waals surface area contributed by atoms with Crippen molar-refractivity contribution in [1.82, 2.24) is 14.8 Å². The Bertz CT molecular complexity index is 618. The second kappa shape index (κ2) is 6.43. The molecule has 112 valence electrons. The molecule has 2 rings (SSSR count). The molecule has 5 nitrogen and oxygen atoms in total. The largest absolute Gasteiger partial charge is 0.479 e. The Hall–Kier alpha value is -2.31. The molecule has 0 saturated carbocycles. The zero-order chi connectivity index (χ0) is 15.4. The van der Waals surface area contributed by atoms with E-state index in [2.05, 4.69) is 10.1 Å². The van der Waals surface area contributed by atoms with Crippen LogP contribution in [0.1, 0.15) is 30.0 Å². The fraction of sp³-hybridized carbons (Fsp3) is 0.357. The molecule has 2 aromatic rings. The molecule has 0 unspecified atom stereocenters. The summed E-state index contributed by atoms with van der Waals surface area (Å²) in [6.07, 6.45) is 1.73. The molecule has 0 aliphatic carbocycles. The number of halogens is 2. The number of carbonyl (C=O) groups is 1. The number of aromatic nitrogens is 3. The highest BCUT2D eigenvalue weighted by atomic mass is 19.1. The van der Waals surface area contributed by atoms with Crippen LogP contribution in [0.5, 0.6) is 5.75 Å². The Morgan fingerprint density at radius 3 is 2.57 bits per heavy atom. The molecule has 0 amide bonds. The summed E-state index contributed by atoms with van der Waals surface area (Å²) in [5.74, 6) is -1.55. The molecule has 0 radical (unpaired) electrons. The average Bonchev–Trinajstić information content (AvgIpc) is 2.84. The minimum Gasteiger partial charge on any atom is -0.479 e. The van der Waals surface area contributed by atoms with Crippen LogP contribution in [0.3, 0.4) is 0 Å². The number of ether oxygens (including phenoxy) is 1. The van der Waals surface area contributed by atoms with Gasteiger partial charge in [-0.1, -0.05) is 13.8 Å². The minimum atomic E-state index is -0.924. The quantitative estimate of drug-likeness (QED) is 0.769. The van der Waals surface area contributed by atoms with E-state index in [9.17, 15) is 13.6 Å². The van der Waals surface area contributed by atoms with Crippen LogP contribution in [0.4, 0.5) is 8.78 Å². The van der Waals surface area contributed by atoms with Gasteiger partial charge in [0.15, 0.2) is 23.2 Å². The fourth-order valence-electron chi connectivity index (χ4n) is 1.82. The molecule has 1 aromatic carbocycles. The summed E-state index contributed by atoms with van der Waals surface area (Å²) in [4.78, 5) is 14.5. The molecule has 7 heteroatoms. The Balaban J connectivity index is 2.14. The van der Waals surface area contributed by atoms with Crippen LogP contribution in [0.2, 0.25) is 0 Å². The number of benzene rings is 1. The van der Waals surface area contributed by atoms with Crippen LogP contribution >= 0.6 is 0 Å². The van der Waals surface area contributed by atoms with Crippen molar-refractivity contribution in [2.24, 2.45) is 5.92 Å². The highest BCUT2D eigenvalue weighted by Gasteiger charge is 2.14. The second-order valence-corrected chi connectivity index (χ2v) is 4.97. The van der Waals surface area contributed by atoms with Gasteiger partial charge in [-0.25, -0.2) is 18.4 Å². The number of aldehydes is 1. The number of rotatable bonds is 6. The van der Waals surface area contributed by atoms with Gasteiger partial charge in [0.25, 0.3) is 0 Å². The summed E-state index contributed by atoms with van der Waals surface area (Å²) in [5, 5.41) is 4.03. The van der Waals surface area contributed by atoms with E-state index in [4.69, 9.17) is 4.74 Å². The van der Waals surface area contributed by atoms with E-state index in [1.807, 2.05) is 13.8 Å². The second-order valence-electron chi connectivity index (χ2n) is 4.97. The average molecular weight is 295 g/mol. The van der Waals surface area contributed by atoms with Gasteiger partial charge >= 0.3 is 0 Å². The highest BCUT2D eigenvalue weighted by molar-refractivity contribution is 5.75. The third-order valence-electron chi connectivity index (χ3n) is 2.74. The van der Waals surface area contributed by atoms with Crippen LogP contribution in [0.25, 0.3) is 0 Å². The SMILES string of the molecule is CC(C)Cn1ncnc1COc1c(F)cc(C=O)cc1F. The number of hydrogen-bond acceptors (Lipinski definition) is 4. The van der Waals surface area contributed by atoms with Crippen LogP contribution in [0.15, 0.2) is 18.5 Å². The Morgan fingerprint density at radius 2 is 2.00 bits per heavy atom. The van der Waals surface area contributed by atoms with Crippen molar-refractivity contribution in [2.75, 3.05) is 0 Å². The molecule has 0 atom stereocenters. The summed E-state index contributed by atoms with van der Waals surface area (Å²) in [7, 11) is 0. The van der Waals surface area contributed by atoms with Crippen LogP contribution in [0, 0.1) is 17.6 Å². The van der Waals surface area contributed by atoms with Crippen molar-refractivity contribution < 1.29 is 18.3 Å². The third kappa shape index (κ3) is 3.62. The van der Waals surface area contributed by atoms with Gasteiger partial charge in [-0.15, -0.1) is 0 Å². The zero-order valence-electron chi connectivity index (χ0n) is 11.7. The minimum absolute atomic E-state index is 0.0830. The number of nitrogens with zero attached hydrogens (tertiary/aromatic N) is 3. The molecular weight excluding hydrogens is 280 g/mol. The van der Waals surface area contributed by atoms with Gasteiger partial charge in [0.1, 0.15) is 19.2 Å². The van der Waals surface area contributed by atoms with Gasteiger partial charge in [-0.05, 0) is 18.1 Å². The first kappa shape index (κ1) is 15.1. The van der Waals surface area contributed by atoms with Gasteiger partial charge in [0, 0.05) is 12.1 Å². The molecular formula is C14H15F2N3O2. The monoisotopic (exact) mass is 295 g/mol. The number of hydrogen-bond donors (Lipinski definition) is 0. The van der Waals surface area contributed by atoms with Crippen LogP contribution in [-0.4, -0.2) is 21.1 Å². The summed E-state index contributed by atoms with van der Waals surface area (Å²) in [5.41, 5.74) is -0.0830. The Morgan fingerprint density at radius 1 is 1.33 bits per heavy atom. The maximum Gasteiger partial charge on any atom is 0.191 e. The standard InChI is InChI=1S/C14H15F2N3O2/c1-9(2)5-19-13(17-8-18-19)7-21-14-11(15)3-10(6-20)4-12(14)16/h3-4,6,8-9H,5,7H2,1-2H3. The van der Waals surface area contributed by atoms with Crippen molar-refractivity contribution in [3.8, 4) is 5.75 Å². The van der Waals surface area contributed by atoms with Crippen LogP contribution < -0.4 is 4.74 Å².